The molecule has 1 aliphatic carbocycles. The third-order valence-corrected chi connectivity index (χ3v) is 4.75. The van der Waals surface area contributed by atoms with Crippen molar-refractivity contribution in [3.05, 3.63) is 47.9 Å². The van der Waals surface area contributed by atoms with E-state index in [0.29, 0.717) is 30.5 Å². The molecule has 1 aromatic carbocycles. The number of hydrogen-bond donors (Lipinski definition) is 2. The van der Waals surface area contributed by atoms with Crippen LogP contribution in [0.25, 0.3) is 11.4 Å². The second kappa shape index (κ2) is 7.22. The number of carbonyl (C=O) groups is 1. The summed E-state index contributed by atoms with van der Waals surface area (Å²) in [5.74, 6) is 3.55. The van der Waals surface area contributed by atoms with E-state index in [2.05, 4.69) is 46.3 Å². The van der Waals surface area contributed by atoms with Gasteiger partial charge in [-0.15, -0.1) is 0 Å². The molecule has 1 aliphatic rings. The number of benzene rings is 1. The van der Waals surface area contributed by atoms with Gasteiger partial charge in [0.25, 0.3) is 0 Å². The summed E-state index contributed by atoms with van der Waals surface area (Å²) in [5, 5.41) is 10.2. The van der Waals surface area contributed by atoms with Crippen molar-refractivity contribution in [2.45, 2.75) is 57.8 Å². The van der Waals surface area contributed by atoms with Crippen molar-refractivity contribution in [1.82, 2.24) is 20.2 Å². The summed E-state index contributed by atoms with van der Waals surface area (Å²) in [6, 6.07) is 7.56. The van der Waals surface area contributed by atoms with Crippen LogP contribution in [0.5, 0.6) is 0 Å². The monoisotopic (exact) mass is 379 g/mol. The lowest BCUT2D eigenvalue weighted by molar-refractivity contribution is -0.116. The molecular formula is C21H25N5O2. The average Bonchev–Trinajstić information content (AvgIpc) is 3.18. The number of nitrogens with one attached hydrogen (secondary N) is 2. The topological polar surface area (TPSA) is 96.7 Å². The Balaban J connectivity index is 1.31. The van der Waals surface area contributed by atoms with E-state index in [4.69, 9.17) is 4.42 Å². The number of aryl methyl sites for hydroxylation is 1. The number of nitrogens with zero attached hydrogens (tertiary/aromatic N) is 3. The van der Waals surface area contributed by atoms with Crippen LogP contribution in [-0.4, -0.2) is 26.1 Å². The lowest BCUT2D eigenvalue weighted by atomic mass is 9.94. The van der Waals surface area contributed by atoms with Gasteiger partial charge < -0.3 is 9.73 Å². The van der Waals surface area contributed by atoms with Crippen LogP contribution in [0.1, 0.15) is 63.4 Å². The van der Waals surface area contributed by atoms with E-state index in [1.54, 1.807) is 6.20 Å². The molecule has 1 saturated carbocycles. The van der Waals surface area contributed by atoms with E-state index in [-0.39, 0.29) is 11.3 Å². The number of rotatable bonds is 6. The van der Waals surface area contributed by atoms with Crippen LogP contribution in [0.3, 0.4) is 0 Å². The highest BCUT2D eigenvalue weighted by molar-refractivity contribution is 5.91. The van der Waals surface area contributed by atoms with E-state index in [0.717, 1.165) is 22.8 Å². The Bertz CT molecular complexity index is 961. The van der Waals surface area contributed by atoms with Gasteiger partial charge in [-0.3, -0.25) is 9.89 Å². The molecule has 0 saturated heterocycles. The Labute approximate surface area is 164 Å². The fourth-order valence-corrected chi connectivity index (χ4v) is 2.86. The molecule has 2 aromatic heterocycles. The Morgan fingerprint density at radius 2 is 2.00 bits per heavy atom. The van der Waals surface area contributed by atoms with Gasteiger partial charge in [0.1, 0.15) is 11.6 Å². The minimum atomic E-state index is -0.0855. The number of oxazole rings is 1. The molecule has 0 bridgehead atoms. The molecule has 3 aromatic rings. The molecule has 4 rings (SSSR count). The molecule has 2 N–H and O–H groups in total. The summed E-state index contributed by atoms with van der Waals surface area (Å²) in [6.45, 7) is 6.21. The second-order valence-corrected chi connectivity index (χ2v) is 8.31. The van der Waals surface area contributed by atoms with E-state index < -0.39 is 0 Å². The first kappa shape index (κ1) is 18.4. The highest BCUT2D eigenvalue weighted by Crippen LogP contribution is 2.38. The molecule has 1 amide bonds. The molecule has 0 atom stereocenters. The molecule has 7 heteroatoms. The maximum atomic E-state index is 12.2. The molecular weight excluding hydrogens is 354 g/mol. The molecule has 0 aliphatic heterocycles. The maximum Gasteiger partial charge on any atom is 0.224 e. The van der Waals surface area contributed by atoms with Gasteiger partial charge in [-0.2, -0.15) is 5.10 Å². The van der Waals surface area contributed by atoms with Crippen LogP contribution in [0, 0.1) is 0 Å². The SMILES string of the molecule is CC(C)(C)c1cnc(CCC(=O)Nc2ccc(-c3n[nH]c(C4CC4)n3)cc2)o1. The third-order valence-electron chi connectivity index (χ3n) is 4.75. The fraction of sp³-hybridized carbons (Fsp3) is 0.429. The highest BCUT2D eigenvalue weighted by atomic mass is 16.4. The second-order valence-electron chi connectivity index (χ2n) is 8.31. The van der Waals surface area contributed by atoms with Crippen molar-refractivity contribution < 1.29 is 9.21 Å². The number of aromatic amines is 1. The average molecular weight is 379 g/mol. The molecule has 7 nitrogen and oxygen atoms in total. The van der Waals surface area contributed by atoms with Crippen molar-refractivity contribution in [1.29, 1.82) is 0 Å². The number of carbonyl (C=O) groups excluding carboxylic acids is 1. The smallest absolute Gasteiger partial charge is 0.224 e. The summed E-state index contributed by atoms with van der Waals surface area (Å²) in [4.78, 5) is 21.0. The normalized spacial score (nSPS) is 14.2. The van der Waals surface area contributed by atoms with Gasteiger partial charge in [0.2, 0.25) is 5.91 Å². The summed E-state index contributed by atoms with van der Waals surface area (Å²) in [6.07, 6.45) is 4.90. The minimum absolute atomic E-state index is 0.0721. The zero-order chi connectivity index (χ0) is 19.7. The lowest BCUT2D eigenvalue weighted by Crippen LogP contribution is -2.12. The first-order chi connectivity index (χ1) is 13.4. The van der Waals surface area contributed by atoms with Crippen LogP contribution in [0.4, 0.5) is 5.69 Å². The standard InChI is InChI=1S/C21H25N5O2/c1-21(2,3)16-12-22-18(28-16)11-10-17(27)23-15-8-6-14(7-9-15)20-24-19(25-26-20)13-4-5-13/h6-9,12-13H,4-5,10-11H2,1-3H3,(H,23,27)(H,24,25,26). The Morgan fingerprint density at radius 1 is 1.25 bits per heavy atom. The number of aromatic nitrogens is 4. The summed E-state index contributed by atoms with van der Waals surface area (Å²) < 4.78 is 5.73. The van der Waals surface area contributed by atoms with Crippen molar-refractivity contribution >= 4 is 11.6 Å². The van der Waals surface area contributed by atoms with Gasteiger partial charge in [-0.1, -0.05) is 20.8 Å². The molecule has 146 valence electrons. The number of H-pyrrole nitrogens is 1. The van der Waals surface area contributed by atoms with Crippen molar-refractivity contribution in [3.8, 4) is 11.4 Å². The zero-order valence-electron chi connectivity index (χ0n) is 16.5. The number of amides is 1. The van der Waals surface area contributed by atoms with Gasteiger partial charge >= 0.3 is 0 Å². The summed E-state index contributed by atoms with van der Waals surface area (Å²) in [5.41, 5.74) is 1.59. The number of hydrogen-bond acceptors (Lipinski definition) is 5. The van der Waals surface area contributed by atoms with Crippen LogP contribution in [0.15, 0.2) is 34.9 Å². The Morgan fingerprint density at radius 3 is 2.64 bits per heavy atom. The fourth-order valence-electron chi connectivity index (χ4n) is 2.86. The zero-order valence-corrected chi connectivity index (χ0v) is 16.5. The summed E-state index contributed by atoms with van der Waals surface area (Å²) >= 11 is 0. The van der Waals surface area contributed by atoms with Crippen LogP contribution >= 0.6 is 0 Å². The van der Waals surface area contributed by atoms with Gasteiger partial charge in [-0.25, -0.2) is 9.97 Å². The van der Waals surface area contributed by atoms with Crippen molar-refractivity contribution in [3.63, 3.8) is 0 Å². The lowest BCUT2D eigenvalue weighted by Gasteiger charge is -2.13. The molecule has 0 unspecified atom stereocenters. The van der Waals surface area contributed by atoms with Gasteiger partial charge in [0, 0.05) is 35.4 Å². The third kappa shape index (κ3) is 4.30. The van der Waals surface area contributed by atoms with Crippen molar-refractivity contribution in [2.75, 3.05) is 5.32 Å². The first-order valence-electron chi connectivity index (χ1n) is 9.66. The molecule has 2 heterocycles. The van der Waals surface area contributed by atoms with E-state index in [1.165, 1.54) is 12.8 Å². The predicted molar refractivity (Wildman–Crippen MR) is 106 cm³/mol. The molecule has 28 heavy (non-hydrogen) atoms. The van der Waals surface area contributed by atoms with Crippen molar-refractivity contribution in [2.24, 2.45) is 0 Å². The molecule has 1 fully saturated rings. The van der Waals surface area contributed by atoms with Crippen LogP contribution in [-0.2, 0) is 16.6 Å². The number of anilines is 1. The molecule has 0 spiro atoms. The maximum absolute atomic E-state index is 12.2. The molecule has 0 radical (unpaired) electrons. The van der Waals surface area contributed by atoms with Gasteiger partial charge in [0.15, 0.2) is 11.7 Å². The van der Waals surface area contributed by atoms with Gasteiger partial charge in [-0.05, 0) is 37.1 Å². The van der Waals surface area contributed by atoms with E-state index in [1.807, 2.05) is 24.3 Å². The summed E-state index contributed by atoms with van der Waals surface area (Å²) in [7, 11) is 0. The Hall–Kier alpha value is -2.96. The minimum Gasteiger partial charge on any atom is -0.445 e. The highest BCUT2D eigenvalue weighted by Gasteiger charge is 2.27. The van der Waals surface area contributed by atoms with Crippen LogP contribution < -0.4 is 5.32 Å². The largest absolute Gasteiger partial charge is 0.445 e. The van der Waals surface area contributed by atoms with Crippen LogP contribution in [0.2, 0.25) is 0 Å². The first-order valence-corrected chi connectivity index (χ1v) is 9.66. The van der Waals surface area contributed by atoms with E-state index in [9.17, 15) is 4.79 Å². The quantitative estimate of drug-likeness (QED) is 0.669. The predicted octanol–water partition coefficient (Wildman–Crippen LogP) is 4.21. The van der Waals surface area contributed by atoms with E-state index >= 15 is 0 Å². The Kier molecular flexibility index (Phi) is 4.75. The van der Waals surface area contributed by atoms with Gasteiger partial charge in [0.05, 0.1) is 6.20 Å².